The quantitative estimate of drug-likeness (QED) is 0.180. The van der Waals surface area contributed by atoms with Crippen LogP contribution in [-0.2, 0) is 5.41 Å². The summed E-state index contributed by atoms with van der Waals surface area (Å²) in [6, 6.07) is 53.1. The van der Waals surface area contributed by atoms with Crippen LogP contribution in [0, 0.1) is 0 Å². The Kier molecular flexibility index (Phi) is 6.69. The van der Waals surface area contributed by atoms with Crippen LogP contribution in [0.15, 0.2) is 168 Å². The molecule has 3 heterocycles. The molecular weight excluding hydrogens is 619 g/mol. The first-order valence-electron chi connectivity index (χ1n) is 18.0. The van der Waals surface area contributed by atoms with Crippen molar-refractivity contribution in [1.82, 2.24) is 4.57 Å². The van der Waals surface area contributed by atoms with Crippen LogP contribution in [-0.4, -0.2) is 4.57 Å². The fourth-order valence-corrected chi connectivity index (χ4v) is 8.30. The number of furan rings is 1. The van der Waals surface area contributed by atoms with Crippen LogP contribution >= 0.6 is 0 Å². The fourth-order valence-electron chi connectivity index (χ4n) is 8.30. The highest BCUT2D eigenvalue weighted by Gasteiger charge is 2.39. The summed E-state index contributed by atoms with van der Waals surface area (Å²) in [6.45, 7) is 4.64. The lowest BCUT2D eigenvalue weighted by Gasteiger charge is -2.31. The second-order valence-electron chi connectivity index (χ2n) is 14.5. The third kappa shape index (κ3) is 4.78. The molecule has 2 aromatic heterocycles. The van der Waals surface area contributed by atoms with Crippen molar-refractivity contribution in [3.05, 3.63) is 181 Å². The number of aromatic nitrogens is 1. The smallest absolute Gasteiger partial charge is 0.138 e. The summed E-state index contributed by atoms with van der Waals surface area (Å²) in [7, 11) is 0. The normalized spacial score (nSPS) is 14.5. The number of rotatable bonds is 5. The lowest BCUT2D eigenvalue weighted by molar-refractivity contribution is 0.433. The molecule has 2 nitrogen and oxygen atoms in total. The minimum absolute atomic E-state index is 0.377. The molecule has 2 heteroatoms. The van der Waals surface area contributed by atoms with Crippen molar-refractivity contribution < 1.29 is 4.42 Å². The van der Waals surface area contributed by atoms with Gasteiger partial charge in [-0.05, 0) is 119 Å². The summed E-state index contributed by atoms with van der Waals surface area (Å²) in [5.41, 5.74) is 15.3. The Balaban J connectivity index is 1.23. The summed E-state index contributed by atoms with van der Waals surface area (Å²) in [4.78, 5) is 0. The second kappa shape index (κ2) is 11.5. The molecule has 0 fully saturated rings. The molecule has 1 aliphatic carbocycles. The lowest BCUT2D eigenvalue weighted by atomic mass is 9.77. The van der Waals surface area contributed by atoms with Gasteiger partial charge in [-0.25, -0.2) is 0 Å². The van der Waals surface area contributed by atoms with Gasteiger partial charge in [0.25, 0.3) is 0 Å². The number of nitrogens with zero attached hydrogens (tertiary/aromatic N) is 1. The van der Waals surface area contributed by atoms with Crippen molar-refractivity contribution in [3.8, 4) is 50.4 Å². The van der Waals surface area contributed by atoms with E-state index in [1.165, 1.54) is 71.9 Å². The van der Waals surface area contributed by atoms with E-state index in [0.717, 1.165) is 35.6 Å². The number of allylic oxidation sites excluding steroid dienone is 4. The number of fused-ring (bicyclic) bond motifs is 5. The Morgan fingerprint density at radius 2 is 1.14 bits per heavy atom. The van der Waals surface area contributed by atoms with Crippen molar-refractivity contribution in [2.24, 2.45) is 0 Å². The zero-order valence-corrected chi connectivity index (χ0v) is 28.9. The molecule has 0 saturated heterocycles. The van der Waals surface area contributed by atoms with Crippen LogP contribution in [0.2, 0.25) is 0 Å². The van der Waals surface area contributed by atoms with Crippen LogP contribution in [0.3, 0.4) is 0 Å². The predicted molar refractivity (Wildman–Crippen MR) is 213 cm³/mol. The molecule has 0 amide bonds. The molecule has 0 atom stereocenters. The maximum atomic E-state index is 7.13. The highest BCUT2D eigenvalue weighted by molar-refractivity contribution is 6.14. The van der Waals surface area contributed by atoms with E-state index in [0.29, 0.717) is 0 Å². The zero-order valence-electron chi connectivity index (χ0n) is 28.9. The SMILES string of the molecule is CC1(C)c2oc(-c3cc(C4=CCCC=C4)cc(-c4ccccc4)c3)cc2-n2c3ccc(-c4ccccc4)cc3c3cc(-c4ccccc4)cc1c32. The molecule has 0 saturated carbocycles. The Morgan fingerprint density at radius 1 is 0.529 bits per heavy atom. The molecule has 0 spiro atoms. The summed E-state index contributed by atoms with van der Waals surface area (Å²) < 4.78 is 9.59. The molecule has 1 aliphatic heterocycles. The summed E-state index contributed by atoms with van der Waals surface area (Å²) in [5.74, 6) is 1.88. The van der Waals surface area contributed by atoms with Gasteiger partial charge in [0.15, 0.2) is 0 Å². The lowest BCUT2D eigenvalue weighted by Crippen LogP contribution is -2.25. The van der Waals surface area contributed by atoms with Gasteiger partial charge in [0.1, 0.15) is 11.5 Å². The molecule has 6 aromatic carbocycles. The second-order valence-corrected chi connectivity index (χ2v) is 14.5. The van der Waals surface area contributed by atoms with Crippen LogP contribution in [0.25, 0.3) is 77.8 Å². The Hall–Kier alpha value is -6.12. The first-order chi connectivity index (χ1) is 25.0. The van der Waals surface area contributed by atoms with E-state index in [9.17, 15) is 0 Å². The van der Waals surface area contributed by atoms with E-state index < -0.39 is 0 Å². The maximum Gasteiger partial charge on any atom is 0.138 e. The van der Waals surface area contributed by atoms with E-state index in [2.05, 4.69) is 182 Å². The molecule has 0 radical (unpaired) electrons. The van der Waals surface area contributed by atoms with Gasteiger partial charge in [-0.1, -0.05) is 115 Å². The van der Waals surface area contributed by atoms with Gasteiger partial charge in [-0.3, -0.25) is 0 Å². The van der Waals surface area contributed by atoms with Gasteiger partial charge >= 0.3 is 0 Å². The molecule has 2 aliphatic rings. The van der Waals surface area contributed by atoms with Gasteiger partial charge in [-0.15, -0.1) is 0 Å². The molecule has 0 unspecified atom stereocenters. The van der Waals surface area contributed by atoms with Gasteiger partial charge in [0.05, 0.1) is 22.1 Å². The number of benzene rings is 6. The monoisotopic (exact) mass is 655 g/mol. The Labute approximate surface area is 298 Å². The van der Waals surface area contributed by atoms with Gasteiger partial charge < -0.3 is 8.98 Å². The summed E-state index contributed by atoms with van der Waals surface area (Å²) >= 11 is 0. The molecular formula is C49H37NO. The first kappa shape index (κ1) is 29.8. The van der Waals surface area contributed by atoms with Crippen LogP contribution in [0.4, 0.5) is 0 Å². The average Bonchev–Trinajstić information content (AvgIpc) is 3.79. The van der Waals surface area contributed by atoms with E-state index in [-0.39, 0.29) is 5.41 Å². The Bertz CT molecular complexity index is 2680. The van der Waals surface area contributed by atoms with Crippen LogP contribution in [0.5, 0.6) is 0 Å². The van der Waals surface area contributed by atoms with Crippen molar-refractivity contribution in [2.75, 3.05) is 0 Å². The summed E-state index contributed by atoms with van der Waals surface area (Å²) in [5, 5.41) is 2.52. The van der Waals surface area contributed by atoms with Crippen LogP contribution in [0.1, 0.15) is 43.6 Å². The molecule has 10 rings (SSSR count). The predicted octanol–water partition coefficient (Wildman–Crippen LogP) is 13.4. The molecule has 244 valence electrons. The average molecular weight is 656 g/mol. The first-order valence-corrected chi connectivity index (χ1v) is 18.0. The molecule has 51 heavy (non-hydrogen) atoms. The highest BCUT2D eigenvalue weighted by atomic mass is 16.3. The van der Waals surface area contributed by atoms with E-state index in [1.807, 2.05) is 0 Å². The third-order valence-corrected chi connectivity index (χ3v) is 10.9. The van der Waals surface area contributed by atoms with Crippen molar-refractivity contribution >= 4 is 27.4 Å². The summed E-state index contributed by atoms with van der Waals surface area (Å²) in [6.07, 6.45) is 9.06. The standard InChI is InChI=1S/C49H37NO/c1-49(2)43-30-39(35-21-13-6-14-22-35)29-42-41-28-36(32-15-7-3-8-16-32)23-24-44(41)50(47(42)43)45-31-46(51-48(45)49)40-26-37(33-17-9-4-10-18-33)25-38(27-40)34-19-11-5-12-20-34/h3-4,6-11,13-31H,5,12H2,1-2H3. The van der Waals surface area contributed by atoms with E-state index in [4.69, 9.17) is 4.42 Å². The van der Waals surface area contributed by atoms with Crippen molar-refractivity contribution in [1.29, 1.82) is 0 Å². The molecule has 0 N–H and O–H groups in total. The van der Waals surface area contributed by atoms with Crippen LogP contribution < -0.4 is 0 Å². The van der Waals surface area contributed by atoms with Gasteiger partial charge in [0.2, 0.25) is 0 Å². The van der Waals surface area contributed by atoms with E-state index in [1.54, 1.807) is 0 Å². The number of hydrogen-bond donors (Lipinski definition) is 0. The molecule has 8 aromatic rings. The number of hydrogen-bond acceptors (Lipinski definition) is 1. The maximum absolute atomic E-state index is 7.13. The fraction of sp³-hybridized carbons (Fsp3) is 0.102. The largest absolute Gasteiger partial charge is 0.458 e. The van der Waals surface area contributed by atoms with Crippen molar-refractivity contribution in [2.45, 2.75) is 32.1 Å². The molecule has 0 bridgehead atoms. The minimum Gasteiger partial charge on any atom is -0.458 e. The third-order valence-electron chi connectivity index (χ3n) is 10.9. The van der Waals surface area contributed by atoms with Gasteiger partial charge in [0, 0.05) is 22.4 Å². The highest BCUT2D eigenvalue weighted by Crippen LogP contribution is 2.51. The van der Waals surface area contributed by atoms with E-state index >= 15 is 0 Å². The minimum atomic E-state index is -0.377. The van der Waals surface area contributed by atoms with Gasteiger partial charge in [-0.2, -0.15) is 0 Å². The zero-order chi connectivity index (χ0) is 34.1. The topological polar surface area (TPSA) is 18.1 Å². The Morgan fingerprint density at radius 3 is 1.80 bits per heavy atom. The van der Waals surface area contributed by atoms with Crippen molar-refractivity contribution in [3.63, 3.8) is 0 Å².